The highest BCUT2D eigenvalue weighted by atomic mass is 35.5. The molecule has 6 heteroatoms. The van der Waals surface area contributed by atoms with Crippen LogP contribution in [-0.2, 0) is 0 Å². The second-order valence-electron chi connectivity index (χ2n) is 3.72. The van der Waals surface area contributed by atoms with Gasteiger partial charge in [0.2, 0.25) is 0 Å². The van der Waals surface area contributed by atoms with Crippen LogP contribution in [0.2, 0.25) is 5.02 Å². The maximum Gasteiger partial charge on any atom is 0.258 e. The quantitative estimate of drug-likeness (QED) is 0.916. The highest BCUT2D eigenvalue weighted by molar-refractivity contribution is 6.30. The molecule has 90 valence electrons. The second kappa shape index (κ2) is 4.81. The van der Waals surface area contributed by atoms with Crippen molar-refractivity contribution in [3.05, 3.63) is 34.9 Å². The lowest BCUT2D eigenvalue weighted by molar-refractivity contribution is 0.417. The maximum atomic E-state index is 13.3. The van der Waals surface area contributed by atoms with Crippen molar-refractivity contribution >= 4 is 11.6 Å². The van der Waals surface area contributed by atoms with Crippen molar-refractivity contribution in [2.75, 3.05) is 6.54 Å². The molecule has 1 aromatic carbocycles. The fourth-order valence-corrected chi connectivity index (χ4v) is 1.40. The molecule has 4 nitrogen and oxygen atoms in total. The number of nitrogens with two attached hydrogens (primary N) is 1. The van der Waals surface area contributed by atoms with Gasteiger partial charge in [0, 0.05) is 18.0 Å². The van der Waals surface area contributed by atoms with Gasteiger partial charge in [-0.3, -0.25) is 0 Å². The van der Waals surface area contributed by atoms with E-state index in [1.807, 2.05) is 6.92 Å². The molecule has 2 rings (SSSR count). The Morgan fingerprint density at radius 2 is 2.29 bits per heavy atom. The number of hydrogen-bond donors (Lipinski definition) is 1. The van der Waals surface area contributed by atoms with Crippen LogP contribution in [0.3, 0.4) is 0 Å². The fourth-order valence-electron chi connectivity index (χ4n) is 1.29. The molecule has 1 heterocycles. The van der Waals surface area contributed by atoms with Gasteiger partial charge in [0.1, 0.15) is 5.82 Å². The summed E-state index contributed by atoms with van der Waals surface area (Å²) in [6, 6.07) is 4.32. The molecule has 0 saturated carbocycles. The Labute approximate surface area is 103 Å². The molecule has 0 spiro atoms. The molecule has 0 saturated heterocycles. The minimum Gasteiger partial charge on any atom is -0.334 e. The summed E-state index contributed by atoms with van der Waals surface area (Å²) in [7, 11) is 0. The van der Waals surface area contributed by atoms with Crippen molar-refractivity contribution in [1.29, 1.82) is 0 Å². The summed E-state index contributed by atoms with van der Waals surface area (Å²) in [5.41, 5.74) is 5.99. The third kappa shape index (κ3) is 2.45. The maximum absolute atomic E-state index is 13.3. The highest BCUT2D eigenvalue weighted by Gasteiger charge is 2.14. The van der Waals surface area contributed by atoms with E-state index in [0.29, 0.717) is 17.9 Å². The predicted molar refractivity (Wildman–Crippen MR) is 62.2 cm³/mol. The minimum atomic E-state index is -0.518. The SMILES string of the molecule is CC(CN)c1noc(-c2ccc(Cl)c(F)c2)n1. The standard InChI is InChI=1S/C11H11ClFN3O/c1-6(5-14)10-15-11(17-16-10)7-2-3-8(12)9(13)4-7/h2-4,6H,5,14H2,1H3. The van der Waals surface area contributed by atoms with Crippen LogP contribution in [-0.4, -0.2) is 16.7 Å². The second-order valence-corrected chi connectivity index (χ2v) is 4.13. The van der Waals surface area contributed by atoms with Crippen LogP contribution in [0.25, 0.3) is 11.5 Å². The van der Waals surface area contributed by atoms with E-state index in [1.54, 1.807) is 6.07 Å². The summed E-state index contributed by atoms with van der Waals surface area (Å²) in [6.45, 7) is 2.31. The van der Waals surface area contributed by atoms with Crippen LogP contribution in [0.4, 0.5) is 4.39 Å². The topological polar surface area (TPSA) is 64.9 Å². The van der Waals surface area contributed by atoms with Gasteiger partial charge in [0.15, 0.2) is 5.82 Å². The zero-order valence-electron chi connectivity index (χ0n) is 9.15. The molecule has 1 unspecified atom stereocenters. The molecule has 0 bridgehead atoms. The van der Waals surface area contributed by atoms with Gasteiger partial charge in [-0.05, 0) is 18.2 Å². The van der Waals surface area contributed by atoms with Crippen LogP contribution >= 0.6 is 11.6 Å². The number of halogens is 2. The Kier molecular flexibility index (Phi) is 3.40. The molecular weight excluding hydrogens is 245 g/mol. The number of hydrogen-bond acceptors (Lipinski definition) is 4. The number of aromatic nitrogens is 2. The summed E-state index contributed by atoms with van der Waals surface area (Å²) in [4.78, 5) is 4.15. The molecule has 0 aliphatic rings. The molecule has 1 atom stereocenters. The van der Waals surface area contributed by atoms with Gasteiger partial charge in [-0.15, -0.1) is 0 Å². The summed E-state index contributed by atoms with van der Waals surface area (Å²) >= 11 is 5.59. The highest BCUT2D eigenvalue weighted by Crippen LogP contribution is 2.24. The van der Waals surface area contributed by atoms with Gasteiger partial charge in [-0.25, -0.2) is 4.39 Å². The average Bonchev–Trinajstić information content (AvgIpc) is 2.81. The molecule has 0 aliphatic carbocycles. The summed E-state index contributed by atoms with van der Waals surface area (Å²) < 4.78 is 18.3. The van der Waals surface area contributed by atoms with Crippen molar-refractivity contribution in [3.8, 4) is 11.5 Å². The Balaban J connectivity index is 2.33. The molecule has 0 fully saturated rings. The lowest BCUT2D eigenvalue weighted by atomic mass is 10.2. The minimum absolute atomic E-state index is 0.00430. The van der Waals surface area contributed by atoms with Crippen LogP contribution in [0, 0.1) is 5.82 Å². The molecule has 2 N–H and O–H groups in total. The number of nitrogens with zero attached hydrogens (tertiary/aromatic N) is 2. The Bertz CT molecular complexity index is 529. The number of benzene rings is 1. The van der Waals surface area contributed by atoms with Crippen LogP contribution in [0.5, 0.6) is 0 Å². The van der Waals surface area contributed by atoms with Gasteiger partial charge in [-0.2, -0.15) is 4.98 Å². The Morgan fingerprint density at radius 1 is 1.53 bits per heavy atom. The van der Waals surface area contributed by atoms with E-state index in [1.165, 1.54) is 12.1 Å². The van der Waals surface area contributed by atoms with Crippen molar-refractivity contribution in [1.82, 2.24) is 10.1 Å². The van der Waals surface area contributed by atoms with E-state index >= 15 is 0 Å². The van der Waals surface area contributed by atoms with E-state index in [9.17, 15) is 4.39 Å². The summed E-state index contributed by atoms with van der Waals surface area (Å²) in [5, 5.41) is 3.85. The Hall–Kier alpha value is -1.46. The third-order valence-electron chi connectivity index (χ3n) is 2.40. The van der Waals surface area contributed by atoms with E-state index in [-0.39, 0.29) is 16.8 Å². The zero-order valence-corrected chi connectivity index (χ0v) is 9.91. The summed E-state index contributed by atoms with van der Waals surface area (Å²) in [6.07, 6.45) is 0. The Morgan fingerprint density at radius 3 is 2.94 bits per heavy atom. The lowest BCUT2D eigenvalue weighted by Crippen LogP contribution is -2.10. The third-order valence-corrected chi connectivity index (χ3v) is 2.71. The molecule has 17 heavy (non-hydrogen) atoms. The monoisotopic (exact) mass is 255 g/mol. The van der Waals surface area contributed by atoms with Gasteiger partial charge in [-0.1, -0.05) is 23.7 Å². The van der Waals surface area contributed by atoms with Crippen molar-refractivity contribution in [2.24, 2.45) is 5.73 Å². The summed E-state index contributed by atoms with van der Waals surface area (Å²) in [5.74, 6) is 0.258. The van der Waals surface area contributed by atoms with Gasteiger partial charge >= 0.3 is 0 Å². The van der Waals surface area contributed by atoms with Gasteiger partial charge in [0.05, 0.1) is 5.02 Å². The smallest absolute Gasteiger partial charge is 0.258 e. The van der Waals surface area contributed by atoms with Gasteiger partial charge < -0.3 is 10.3 Å². The first-order valence-corrected chi connectivity index (χ1v) is 5.48. The van der Waals surface area contributed by atoms with Crippen molar-refractivity contribution in [2.45, 2.75) is 12.8 Å². The van der Waals surface area contributed by atoms with E-state index in [4.69, 9.17) is 21.9 Å². The largest absolute Gasteiger partial charge is 0.334 e. The van der Waals surface area contributed by atoms with E-state index < -0.39 is 5.82 Å². The fraction of sp³-hybridized carbons (Fsp3) is 0.273. The van der Waals surface area contributed by atoms with Crippen LogP contribution < -0.4 is 5.73 Å². The molecule has 0 aliphatic heterocycles. The lowest BCUT2D eigenvalue weighted by Gasteiger charge is -1.99. The first-order chi connectivity index (χ1) is 8.11. The van der Waals surface area contributed by atoms with Gasteiger partial charge in [0.25, 0.3) is 5.89 Å². The van der Waals surface area contributed by atoms with Crippen LogP contribution in [0.1, 0.15) is 18.7 Å². The normalized spacial score (nSPS) is 12.7. The number of rotatable bonds is 3. The first-order valence-electron chi connectivity index (χ1n) is 5.11. The molecule has 2 aromatic rings. The molecule has 0 radical (unpaired) electrons. The van der Waals surface area contributed by atoms with E-state index in [0.717, 1.165) is 0 Å². The molecule has 1 aromatic heterocycles. The zero-order chi connectivity index (χ0) is 12.4. The first kappa shape index (κ1) is 12.0. The average molecular weight is 256 g/mol. The molecular formula is C11H11ClFN3O. The van der Waals surface area contributed by atoms with Crippen molar-refractivity contribution in [3.63, 3.8) is 0 Å². The predicted octanol–water partition coefficient (Wildman–Crippen LogP) is 2.59. The van der Waals surface area contributed by atoms with Crippen LogP contribution in [0.15, 0.2) is 22.7 Å². The van der Waals surface area contributed by atoms with Crippen molar-refractivity contribution < 1.29 is 8.91 Å². The molecule has 0 amide bonds. The van der Waals surface area contributed by atoms with E-state index in [2.05, 4.69) is 10.1 Å².